The van der Waals surface area contributed by atoms with E-state index in [2.05, 4.69) is 0 Å². The summed E-state index contributed by atoms with van der Waals surface area (Å²) in [4.78, 5) is 10.0. The second kappa shape index (κ2) is 5.97. The highest BCUT2D eigenvalue weighted by Crippen LogP contribution is 2.12. The summed E-state index contributed by atoms with van der Waals surface area (Å²) in [6, 6.07) is 7.08. The van der Waals surface area contributed by atoms with Crippen molar-refractivity contribution in [3.8, 4) is 5.75 Å². The molecule has 14 heavy (non-hydrogen) atoms. The van der Waals surface area contributed by atoms with E-state index in [1.807, 2.05) is 18.2 Å². The highest BCUT2D eigenvalue weighted by Gasteiger charge is 1.88. The molecule has 0 saturated carbocycles. The first-order valence-corrected chi connectivity index (χ1v) is 4.72. The van der Waals surface area contributed by atoms with Gasteiger partial charge in [0, 0.05) is 6.42 Å². The van der Waals surface area contributed by atoms with Crippen LogP contribution < -0.4 is 0 Å². The fourth-order valence-corrected chi connectivity index (χ4v) is 1.17. The summed E-state index contributed by atoms with van der Waals surface area (Å²) in [5.41, 5.74) is 0.983. The third-order valence-electron chi connectivity index (χ3n) is 1.87. The van der Waals surface area contributed by atoms with Crippen LogP contribution >= 0.6 is 0 Å². The molecule has 1 rings (SSSR count). The molecule has 2 nitrogen and oxygen atoms in total. The predicted molar refractivity (Wildman–Crippen MR) is 57.1 cm³/mol. The van der Waals surface area contributed by atoms with Crippen molar-refractivity contribution in [2.75, 3.05) is 0 Å². The Hall–Kier alpha value is -1.57. The zero-order chi connectivity index (χ0) is 10.2. The molecular weight excluding hydrogens is 176 g/mol. The third kappa shape index (κ3) is 3.90. The topological polar surface area (TPSA) is 37.3 Å². The van der Waals surface area contributed by atoms with E-state index in [0.29, 0.717) is 6.42 Å². The number of aldehydes is 1. The molecule has 0 radical (unpaired) electrons. The summed E-state index contributed by atoms with van der Waals surface area (Å²) in [7, 11) is 0. The largest absolute Gasteiger partial charge is 0.508 e. The van der Waals surface area contributed by atoms with Crippen LogP contribution in [0.2, 0.25) is 0 Å². The molecule has 1 aromatic carbocycles. The fraction of sp³-hybridized carbons (Fsp3) is 0.250. The molecule has 0 heterocycles. The second-order valence-corrected chi connectivity index (χ2v) is 3.09. The molecule has 0 atom stereocenters. The number of hydrogen-bond donors (Lipinski definition) is 1. The van der Waals surface area contributed by atoms with Gasteiger partial charge in [0.15, 0.2) is 0 Å². The summed E-state index contributed by atoms with van der Waals surface area (Å²) in [5, 5.41) is 9.17. The van der Waals surface area contributed by atoms with Gasteiger partial charge in [0.25, 0.3) is 0 Å². The van der Waals surface area contributed by atoms with E-state index in [9.17, 15) is 9.90 Å². The van der Waals surface area contributed by atoms with Gasteiger partial charge in [-0.05, 0) is 30.5 Å². The SMILES string of the molecule is O=CCCCC=Cc1cccc(O)c1. The first-order valence-electron chi connectivity index (χ1n) is 4.72. The van der Waals surface area contributed by atoms with E-state index in [1.54, 1.807) is 18.2 Å². The van der Waals surface area contributed by atoms with Crippen molar-refractivity contribution in [1.82, 2.24) is 0 Å². The first kappa shape index (κ1) is 10.5. The lowest BCUT2D eigenvalue weighted by Gasteiger charge is -1.94. The fourth-order valence-electron chi connectivity index (χ4n) is 1.17. The third-order valence-corrected chi connectivity index (χ3v) is 1.87. The van der Waals surface area contributed by atoms with Gasteiger partial charge in [0.2, 0.25) is 0 Å². The number of allylic oxidation sites excluding steroid dienone is 1. The van der Waals surface area contributed by atoms with E-state index >= 15 is 0 Å². The van der Waals surface area contributed by atoms with Crippen LogP contribution in [-0.2, 0) is 4.79 Å². The standard InChI is InChI=1S/C12H14O2/c13-9-4-2-1-3-6-11-7-5-8-12(14)10-11/h3,5-10,14H,1-2,4H2. The molecule has 0 aromatic heterocycles. The summed E-state index contributed by atoms with van der Waals surface area (Å²) in [6.07, 6.45) is 7.29. The monoisotopic (exact) mass is 190 g/mol. The number of hydrogen-bond acceptors (Lipinski definition) is 2. The first-order chi connectivity index (χ1) is 6.83. The molecule has 0 fully saturated rings. The molecule has 1 aromatic rings. The molecule has 2 heteroatoms. The summed E-state index contributed by atoms with van der Waals surface area (Å²) in [6.45, 7) is 0. The van der Waals surface area contributed by atoms with Gasteiger partial charge in [-0.2, -0.15) is 0 Å². The second-order valence-electron chi connectivity index (χ2n) is 3.09. The summed E-state index contributed by atoms with van der Waals surface area (Å²) in [5.74, 6) is 0.278. The molecule has 74 valence electrons. The van der Waals surface area contributed by atoms with Crippen LogP contribution in [0.25, 0.3) is 6.08 Å². The van der Waals surface area contributed by atoms with Gasteiger partial charge in [-0.15, -0.1) is 0 Å². The Morgan fingerprint density at radius 3 is 2.86 bits per heavy atom. The average Bonchev–Trinajstić information content (AvgIpc) is 2.18. The molecule has 0 spiro atoms. The Labute approximate surface area is 83.9 Å². The molecule has 0 bridgehead atoms. The molecule has 0 aliphatic carbocycles. The maximum absolute atomic E-state index is 10.0. The number of phenolic OH excluding ortho intramolecular Hbond substituents is 1. The zero-order valence-electron chi connectivity index (χ0n) is 8.02. The number of benzene rings is 1. The van der Waals surface area contributed by atoms with Crippen molar-refractivity contribution >= 4 is 12.4 Å². The molecule has 0 aliphatic rings. The van der Waals surface area contributed by atoms with E-state index in [4.69, 9.17) is 0 Å². The van der Waals surface area contributed by atoms with Crippen LogP contribution in [0.3, 0.4) is 0 Å². The normalized spacial score (nSPS) is 10.6. The lowest BCUT2D eigenvalue weighted by molar-refractivity contribution is -0.107. The minimum absolute atomic E-state index is 0.278. The Morgan fingerprint density at radius 1 is 1.29 bits per heavy atom. The molecule has 0 unspecified atom stereocenters. The number of carbonyl (C=O) groups excluding carboxylic acids is 1. The van der Waals surface area contributed by atoms with Crippen LogP contribution in [-0.4, -0.2) is 11.4 Å². The minimum Gasteiger partial charge on any atom is -0.508 e. The van der Waals surface area contributed by atoms with E-state index in [0.717, 1.165) is 24.7 Å². The van der Waals surface area contributed by atoms with E-state index in [-0.39, 0.29) is 5.75 Å². The van der Waals surface area contributed by atoms with Gasteiger partial charge in [0.05, 0.1) is 0 Å². The van der Waals surface area contributed by atoms with Gasteiger partial charge in [-0.25, -0.2) is 0 Å². The molecule has 1 N–H and O–H groups in total. The van der Waals surface area contributed by atoms with Gasteiger partial charge in [-0.3, -0.25) is 0 Å². The highest BCUT2D eigenvalue weighted by atomic mass is 16.3. The number of phenols is 1. The van der Waals surface area contributed by atoms with Crippen LogP contribution in [0.15, 0.2) is 30.3 Å². The number of rotatable bonds is 5. The van der Waals surface area contributed by atoms with Crippen molar-refractivity contribution in [1.29, 1.82) is 0 Å². The van der Waals surface area contributed by atoms with Crippen molar-refractivity contribution in [2.45, 2.75) is 19.3 Å². The van der Waals surface area contributed by atoms with Gasteiger partial charge < -0.3 is 9.90 Å². The quantitative estimate of drug-likeness (QED) is 0.572. The van der Waals surface area contributed by atoms with Gasteiger partial charge in [-0.1, -0.05) is 24.3 Å². The maximum Gasteiger partial charge on any atom is 0.120 e. The summed E-state index contributed by atoms with van der Waals surface area (Å²) >= 11 is 0. The Morgan fingerprint density at radius 2 is 2.14 bits per heavy atom. The average molecular weight is 190 g/mol. The smallest absolute Gasteiger partial charge is 0.120 e. The maximum atomic E-state index is 10.0. The number of unbranched alkanes of at least 4 members (excludes halogenated alkanes) is 2. The van der Waals surface area contributed by atoms with Gasteiger partial charge >= 0.3 is 0 Å². The van der Waals surface area contributed by atoms with E-state index < -0.39 is 0 Å². The molecular formula is C12H14O2. The molecule has 0 aliphatic heterocycles. The minimum atomic E-state index is 0.278. The Balaban J connectivity index is 2.39. The zero-order valence-corrected chi connectivity index (χ0v) is 8.02. The predicted octanol–water partition coefficient (Wildman–Crippen LogP) is 2.77. The lowest BCUT2D eigenvalue weighted by Crippen LogP contribution is -1.74. The molecule has 0 saturated heterocycles. The lowest BCUT2D eigenvalue weighted by atomic mass is 10.1. The Kier molecular flexibility index (Phi) is 4.48. The van der Waals surface area contributed by atoms with Crippen LogP contribution in [0.1, 0.15) is 24.8 Å². The summed E-state index contributed by atoms with van der Waals surface area (Å²) < 4.78 is 0. The van der Waals surface area contributed by atoms with Gasteiger partial charge in [0.1, 0.15) is 12.0 Å². The van der Waals surface area contributed by atoms with Crippen LogP contribution in [0.4, 0.5) is 0 Å². The Bertz CT molecular complexity index is 316. The number of aromatic hydroxyl groups is 1. The van der Waals surface area contributed by atoms with Crippen molar-refractivity contribution in [3.05, 3.63) is 35.9 Å². The van der Waals surface area contributed by atoms with Crippen molar-refractivity contribution in [3.63, 3.8) is 0 Å². The number of carbonyl (C=O) groups is 1. The van der Waals surface area contributed by atoms with Crippen LogP contribution in [0, 0.1) is 0 Å². The van der Waals surface area contributed by atoms with Crippen molar-refractivity contribution in [2.24, 2.45) is 0 Å². The van der Waals surface area contributed by atoms with Crippen LogP contribution in [0.5, 0.6) is 5.75 Å². The van der Waals surface area contributed by atoms with Crippen molar-refractivity contribution < 1.29 is 9.90 Å². The molecule has 0 amide bonds. The highest BCUT2D eigenvalue weighted by molar-refractivity contribution is 5.51. The van der Waals surface area contributed by atoms with E-state index in [1.165, 1.54) is 0 Å².